The van der Waals surface area contributed by atoms with E-state index >= 15 is 0 Å². The van der Waals surface area contributed by atoms with E-state index in [0.29, 0.717) is 24.2 Å². The van der Waals surface area contributed by atoms with Crippen molar-refractivity contribution in [1.82, 2.24) is 5.32 Å². The van der Waals surface area contributed by atoms with Gasteiger partial charge in [0.15, 0.2) is 0 Å². The monoisotopic (exact) mass is 293 g/mol. The molecule has 1 rings (SSSR count). The van der Waals surface area contributed by atoms with Crippen LogP contribution in [-0.4, -0.2) is 24.6 Å². The van der Waals surface area contributed by atoms with E-state index in [9.17, 15) is 9.59 Å². The zero-order valence-corrected chi connectivity index (χ0v) is 13.2. The largest absolute Gasteiger partial charge is 0.494 e. The van der Waals surface area contributed by atoms with Crippen molar-refractivity contribution in [3.05, 3.63) is 29.8 Å². The van der Waals surface area contributed by atoms with Crippen molar-refractivity contribution in [2.75, 3.05) is 6.61 Å². The summed E-state index contributed by atoms with van der Waals surface area (Å²) in [4.78, 5) is 23.3. The van der Waals surface area contributed by atoms with E-state index in [0.717, 1.165) is 0 Å². The predicted molar refractivity (Wildman–Crippen MR) is 80.4 cm³/mol. The second-order valence-corrected chi connectivity index (χ2v) is 5.90. The normalized spacial score (nSPS) is 14.0. The Bertz CT molecular complexity index is 490. The van der Waals surface area contributed by atoms with Crippen LogP contribution in [0.3, 0.4) is 0 Å². The lowest BCUT2D eigenvalue weighted by Gasteiger charge is -2.28. The third kappa shape index (κ3) is 5.10. The molecular formula is C16H23NO4. The number of amides is 1. The average Bonchev–Trinajstić information content (AvgIpc) is 2.37. The number of hydrogen-bond acceptors (Lipinski definition) is 4. The number of alkyl carbamates (subject to hydrolysis) is 1. The quantitative estimate of drug-likeness (QED) is 0.848. The molecule has 0 saturated heterocycles. The highest BCUT2D eigenvalue weighted by molar-refractivity contribution is 5.77. The fourth-order valence-electron chi connectivity index (χ4n) is 1.75. The van der Waals surface area contributed by atoms with Gasteiger partial charge in [-0.3, -0.25) is 0 Å². The van der Waals surface area contributed by atoms with Crippen LogP contribution in [0.2, 0.25) is 0 Å². The maximum Gasteiger partial charge on any atom is 0.408 e. The van der Waals surface area contributed by atoms with Crippen LogP contribution in [0.5, 0.6) is 5.75 Å². The summed E-state index contributed by atoms with van der Waals surface area (Å²) in [6.45, 7) is 9.39. The van der Waals surface area contributed by atoms with Gasteiger partial charge in [-0.1, -0.05) is 12.1 Å². The molecule has 0 aliphatic carbocycles. The number of aldehydes is 1. The Kier molecular flexibility index (Phi) is 5.35. The van der Waals surface area contributed by atoms with E-state index in [2.05, 4.69) is 5.32 Å². The Morgan fingerprint density at radius 2 is 1.76 bits per heavy atom. The molecular weight excluding hydrogens is 270 g/mol. The van der Waals surface area contributed by atoms with Crippen LogP contribution >= 0.6 is 0 Å². The summed E-state index contributed by atoms with van der Waals surface area (Å²) in [7, 11) is 0. The van der Waals surface area contributed by atoms with Gasteiger partial charge in [0.05, 0.1) is 6.61 Å². The third-order valence-corrected chi connectivity index (χ3v) is 2.76. The Labute approximate surface area is 125 Å². The van der Waals surface area contributed by atoms with Gasteiger partial charge in [0.2, 0.25) is 0 Å². The summed E-state index contributed by atoms with van der Waals surface area (Å²) in [6, 6.07) is 7.02. The molecule has 0 saturated carbocycles. The number of hydrogen-bond donors (Lipinski definition) is 1. The molecule has 0 spiro atoms. The molecule has 0 aliphatic rings. The van der Waals surface area contributed by atoms with E-state index in [1.165, 1.54) is 0 Å². The fourth-order valence-corrected chi connectivity index (χ4v) is 1.75. The topological polar surface area (TPSA) is 64.6 Å². The number of rotatable bonds is 5. The van der Waals surface area contributed by atoms with Crippen LogP contribution in [-0.2, 0) is 15.1 Å². The molecule has 0 aromatic heterocycles. The third-order valence-electron chi connectivity index (χ3n) is 2.76. The molecule has 0 heterocycles. The Morgan fingerprint density at radius 3 is 2.19 bits per heavy atom. The van der Waals surface area contributed by atoms with Crippen molar-refractivity contribution in [1.29, 1.82) is 0 Å². The van der Waals surface area contributed by atoms with Crippen molar-refractivity contribution in [3.8, 4) is 5.75 Å². The minimum atomic E-state index is -1.15. The standard InChI is InChI=1S/C16H23NO4/c1-6-20-13-9-7-12(8-10-13)16(5,11-18)17-14(19)21-15(2,3)4/h7-11H,6H2,1-5H3,(H,17,19). The lowest BCUT2D eigenvalue weighted by molar-refractivity contribution is -0.113. The second-order valence-electron chi connectivity index (χ2n) is 5.90. The van der Waals surface area contributed by atoms with Crippen LogP contribution in [0.4, 0.5) is 4.79 Å². The van der Waals surface area contributed by atoms with E-state index in [-0.39, 0.29) is 0 Å². The number of carbonyl (C=O) groups is 2. The van der Waals surface area contributed by atoms with E-state index in [1.807, 2.05) is 6.92 Å². The van der Waals surface area contributed by atoms with Crippen molar-refractivity contribution in [2.24, 2.45) is 0 Å². The first-order valence-corrected chi connectivity index (χ1v) is 6.91. The van der Waals surface area contributed by atoms with Crippen LogP contribution in [0.15, 0.2) is 24.3 Å². The molecule has 1 N–H and O–H groups in total. The molecule has 0 bridgehead atoms. The van der Waals surface area contributed by atoms with Crippen molar-refractivity contribution >= 4 is 12.4 Å². The minimum Gasteiger partial charge on any atom is -0.494 e. The number of carbonyl (C=O) groups excluding carboxylic acids is 2. The Balaban J connectivity index is 2.88. The molecule has 0 aliphatic heterocycles. The zero-order chi connectivity index (χ0) is 16.1. The number of nitrogens with one attached hydrogen (secondary N) is 1. The smallest absolute Gasteiger partial charge is 0.408 e. The van der Waals surface area contributed by atoms with Crippen LogP contribution < -0.4 is 10.1 Å². The van der Waals surface area contributed by atoms with Crippen molar-refractivity contribution < 1.29 is 19.1 Å². The van der Waals surface area contributed by atoms with Gasteiger partial charge >= 0.3 is 6.09 Å². The summed E-state index contributed by atoms with van der Waals surface area (Å²) < 4.78 is 10.5. The van der Waals surface area contributed by atoms with E-state index in [1.54, 1.807) is 52.0 Å². The van der Waals surface area contributed by atoms with Gasteiger partial charge in [-0.25, -0.2) is 4.79 Å². The fraction of sp³-hybridized carbons (Fsp3) is 0.500. The first-order valence-electron chi connectivity index (χ1n) is 6.91. The van der Waals surface area contributed by atoms with Gasteiger partial charge in [0, 0.05) is 0 Å². The molecule has 1 amide bonds. The van der Waals surface area contributed by atoms with Gasteiger partial charge in [-0.2, -0.15) is 0 Å². The summed E-state index contributed by atoms with van der Waals surface area (Å²) >= 11 is 0. The van der Waals surface area contributed by atoms with Crippen molar-refractivity contribution in [2.45, 2.75) is 45.8 Å². The van der Waals surface area contributed by atoms with Gasteiger partial charge in [0.25, 0.3) is 0 Å². The highest BCUT2D eigenvalue weighted by atomic mass is 16.6. The number of ether oxygens (including phenoxy) is 2. The maximum atomic E-state index is 11.9. The summed E-state index contributed by atoms with van der Waals surface area (Å²) in [5, 5.41) is 2.60. The van der Waals surface area contributed by atoms with Gasteiger partial charge in [-0.15, -0.1) is 0 Å². The zero-order valence-electron chi connectivity index (χ0n) is 13.2. The van der Waals surface area contributed by atoms with E-state index < -0.39 is 17.2 Å². The average molecular weight is 293 g/mol. The summed E-state index contributed by atoms with van der Waals surface area (Å²) in [5.41, 5.74) is -1.11. The number of benzene rings is 1. The molecule has 1 aromatic carbocycles. The molecule has 1 aromatic rings. The Hall–Kier alpha value is -2.04. The summed E-state index contributed by atoms with van der Waals surface area (Å²) in [5.74, 6) is 0.715. The van der Waals surface area contributed by atoms with Crippen molar-refractivity contribution in [3.63, 3.8) is 0 Å². The van der Waals surface area contributed by atoms with E-state index in [4.69, 9.17) is 9.47 Å². The molecule has 1 atom stereocenters. The lowest BCUT2D eigenvalue weighted by atomic mass is 9.94. The highest BCUT2D eigenvalue weighted by Gasteiger charge is 2.30. The first kappa shape index (κ1) is 17.0. The van der Waals surface area contributed by atoms with Gasteiger partial charge < -0.3 is 19.6 Å². The molecule has 0 radical (unpaired) electrons. The predicted octanol–water partition coefficient (Wildman–Crippen LogP) is 3.02. The Morgan fingerprint density at radius 1 is 1.19 bits per heavy atom. The first-order chi connectivity index (χ1) is 9.70. The van der Waals surface area contributed by atoms with Crippen LogP contribution in [0, 0.1) is 0 Å². The second kappa shape index (κ2) is 6.61. The van der Waals surface area contributed by atoms with Crippen LogP contribution in [0.25, 0.3) is 0 Å². The summed E-state index contributed by atoms with van der Waals surface area (Å²) in [6.07, 6.45) is 0.0538. The molecule has 0 fully saturated rings. The highest BCUT2D eigenvalue weighted by Crippen LogP contribution is 2.22. The van der Waals surface area contributed by atoms with Crippen LogP contribution in [0.1, 0.15) is 40.2 Å². The SMILES string of the molecule is CCOc1ccc(C(C)(C=O)NC(=O)OC(C)(C)C)cc1. The van der Waals surface area contributed by atoms with Gasteiger partial charge in [0.1, 0.15) is 23.2 Å². The molecule has 116 valence electrons. The maximum absolute atomic E-state index is 11.9. The lowest BCUT2D eigenvalue weighted by Crippen LogP contribution is -2.46. The molecule has 5 heteroatoms. The van der Waals surface area contributed by atoms with Gasteiger partial charge in [-0.05, 0) is 52.3 Å². The molecule has 21 heavy (non-hydrogen) atoms. The molecule has 5 nitrogen and oxygen atoms in total. The minimum absolute atomic E-state index is 0.570. The molecule has 1 unspecified atom stereocenters.